The third-order valence-electron chi connectivity index (χ3n) is 2.34. The number of ether oxygens (including phenoxy) is 1. The summed E-state index contributed by atoms with van der Waals surface area (Å²) in [6, 6.07) is 0. The summed E-state index contributed by atoms with van der Waals surface area (Å²) in [5.41, 5.74) is 5.24. The molecule has 0 heterocycles. The van der Waals surface area contributed by atoms with Gasteiger partial charge in [0.1, 0.15) is 6.10 Å². The lowest BCUT2D eigenvalue weighted by atomic mass is 10.2. The normalized spacial score (nSPS) is 12.3. The molecule has 0 aromatic heterocycles. The van der Waals surface area contributed by atoms with E-state index in [2.05, 4.69) is 12.2 Å². The minimum atomic E-state index is -2.23. The first-order valence-electron chi connectivity index (χ1n) is 5.25. The fourth-order valence-electron chi connectivity index (χ4n) is 1.35. The lowest BCUT2D eigenvalue weighted by molar-refractivity contribution is 0.178. The SMILES string of the molecule is CCC(CC(N)=S)Oc1c(F)c(F)c(F)c(F)c1F. The van der Waals surface area contributed by atoms with E-state index in [9.17, 15) is 22.0 Å². The summed E-state index contributed by atoms with van der Waals surface area (Å²) in [7, 11) is 0. The Morgan fingerprint density at radius 1 is 1.05 bits per heavy atom. The predicted octanol–water partition coefficient (Wildman–Crippen LogP) is 3.22. The summed E-state index contributed by atoms with van der Waals surface area (Å²) >= 11 is 4.59. The molecule has 0 aliphatic rings. The number of hydrogen-bond acceptors (Lipinski definition) is 2. The maximum absolute atomic E-state index is 13.3. The molecule has 1 aromatic carbocycles. The maximum Gasteiger partial charge on any atom is 0.207 e. The van der Waals surface area contributed by atoms with Crippen LogP contribution in [0, 0.1) is 29.1 Å². The third-order valence-corrected chi connectivity index (χ3v) is 2.50. The molecule has 1 atom stereocenters. The van der Waals surface area contributed by atoms with Crippen LogP contribution >= 0.6 is 12.2 Å². The van der Waals surface area contributed by atoms with E-state index in [0.29, 0.717) is 0 Å². The fraction of sp³-hybridized carbons (Fsp3) is 0.364. The van der Waals surface area contributed by atoms with Crippen molar-refractivity contribution in [2.75, 3.05) is 0 Å². The molecule has 0 fully saturated rings. The van der Waals surface area contributed by atoms with Crippen molar-refractivity contribution >= 4 is 17.2 Å². The van der Waals surface area contributed by atoms with Gasteiger partial charge in [0.15, 0.2) is 5.75 Å². The van der Waals surface area contributed by atoms with Gasteiger partial charge in [-0.1, -0.05) is 19.1 Å². The van der Waals surface area contributed by atoms with Crippen LogP contribution in [-0.4, -0.2) is 11.1 Å². The number of rotatable bonds is 5. The lowest BCUT2D eigenvalue weighted by Gasteiger charge is -2.18. The van der Waals surface area contributed by atoms with Gasteiger partial charge in [0.2, 0.25) is 29.1 Å². The van der Waals surface area contributed by atoms with Crippen LogP contribution in [0.5, 0.6) is 5.75 Å². The first-order valence-corrected chi connectivity index (χ1v) is 5.66. The topological polar surface area (TPSA) is 35.2 Å². The number of hydrogen-bond donors (Lipinski definition) is 1. The smallest absolute Gasteiger partial charge is 0.207 e. The number of benzene rings is 1. The number of thiocarbonyl (C=S) groups is 1. The second-order valence-corrected chi connectivity index (χ2v) is 4.24. The first-order chi connectivity index (χ1) is 8.79. The average Bonchev–Trinajstić information content (AvgIpc) is 2.37. The van der Waals surface area contributed by atoms with Gasteiger partial charge in [-0.15, -0.1) is 0 Å². The van der Waals surface area contributed by atoms with E-state index in [1.54, 1.807) is 6.92 Å². The van der Waals surface area contributed by atoms with Gasteiger partial charge >= 0.3 is 0 Å². The van der Waals surface area contributed by atoms with Crippen molar-refractivity contribution < 1.29 is 26.7 Å². The quantitative estimate of drug-likeness (QED) is 0.392. The molecular weight excluding hydrogens is 289 g/mol. The Labute approximate surface area is 111 Å². The monoisotopic (exact) mass is 299 g/mol. The molecular formula is C11H10F5NOS. The van der Waals surface area contributed by atoms with Crippen molar-refractivity contribution in [3.05, 3.63) is 29.1 Å². The van der Waals surface area contributed by atoms with Crippen molar-refractivity contribution in [3.8, 4) is 5.75 Å². The summed E-state index contributed by atoms with van der Waals surface area (Å²) < 4.78 is 70.1. The first kappa shape index (κ1) is 15.6. The molecule has 106 valence electrons. The van der Waals surface area contributed by atoms with Crippen molar-refractivity contribution in [1.82, 2.24) is 0 Å². The minimum absolute atomic E-state index is 0.00993. The highest BCUT2D eigenvalue weighted by atomic mass is 32.1. The molecule has 0 aliphatic heterocycles. The van der Waals surface area contributed by atoms with Gasteiger partial charge in [-0.2, -0.15) is 8.78 Å². The largest absolute Gasteiger partial charge is 0.484 e. The molecule has 0 amide bonds. The molecule has 1 rings (SSSR count). The standard InChI is InChI=1S/C11H10F5NOS/c1-2-4(3-5(17)19)18-11-9(15)7(13)6(12)8(14)10(11)16/h4H,2-3H2,1H3,(H2,17,19). The predicted molar refractivity (Wildman–Crippen MR) is 62.3 cm³/mol. The van der Waals surface area contributed by atoms with Gasteiger partial charge < -0.3 is 10.5 Å². The molecule has 19 heavy (non-hydrogen) atoms. The van der Waals surface area contributed by atoms with Gasteiger partial charge in [-0.3, -0.25) is 0 Å². The average molecular weight is 299 g/mol. The molecule has 0 saturated heterocycles. The van der Waals surface area contributed by atoms with Gasteiger partial charge in [-0.05, 0) is 6.42 Å². The molecule has 1 unspecified atom stereocenters. The molecule has 2 nitrogen and oxygen atoms in total. The van der Waals surface area contributed by atoms with Crippen LogP contribution in [0.3, 0.4) is 0 Å². The highest BCUT2D eigenvalue weighted by Gasteiger charge is 2.28. The van der Waals surface area contributed by atoms with Crippen molar-refractivity contribution in [2.24, 2.45) is 5.73 Å². The highest BCUT2D eigenvalue weighted by molar-refractivity contribution is 7.80. The number of halogens is 5. The summed E-state index contributed by atoms with van der Waals surface area (Å²) in [6.45, 7) is 1.59. The third kappa shape index (κ3) is 3.31. The highest BCUT2D eigenvalue weighted by Crippen LogP contribution is 2.30. The Bertz CT molecular complexity index is 479. The van der Waals surface area contributed by atoms with E-state index in [0.717, 1.165) is 0 Å². The summed E-state index contributed by atoms with van der Waals surface area (Å²) in [5, 5.41) is 0. The Balaban J connectivity index is 3.17. The van der Waals surface area contributed by atoms with E-state index in [1.165, 1.54) is 0 Å². The Morgan fingerprint density at radius 2 is 1.47 bits per heavy atom. The van der Waals surface area contributed by atoms with E-state index in [1.807, 2.05) is 0 Å². The fourth-order valence-corrected chi connectivity index (χ4v) is 1.53. The summed E-state index contributed by atoms with van der Waals surface area (Å²) in [4.78, 5) is 0.00993. The molecule has 0 spiro atoms. The van der Waals surface area contributed by atoms with Crippen LogP contribution in [0.4, 0.5) is 22.0 Å². The van der Waals surface area contributed by atoms with E-state index in [-0.39, 0.29) is 17.8 Å². The van der Waals surface area contributed by atoms with Crippen molar-refractivity contribution in [1.29, 1.82) is 0 Å². The molecule has 0 saturated carbocycles. The van der Waals surface area contributed by atoms with Crippen LogP contribution in [0.2, 0.25) is 0 Å². The molecule has 0 aliphatic carbocycles. The second kappa shape index (κ2) is 6.14. The molecule has 0 radical (unpaired) electrons. The van der Waals surface area contributed by atoms with E-state index in [4.69, 9.17) is 10.5 Å². The van der Waals surface area contributed by atoms with E-state index >= 15 is 0 Å². The van der Waals surface area contributed by atoms with Gasteiger partial charge in [0, 0.05) is 6.42 Å². The molecule has 1 aromatic rings. The Hall–Kier alpha value is -1.44. The molecule has 8 heteroatoms. The van der Waals surface area contributed by atoms with Crippen LogP contribution in [0.15, 0.2) is 0 Å². The lowest BCUT2D eigenvalue weighted by Crippen LogP contribution is -2.24. The van der Waals surface area contributed by atoms with Gasteiger partial charge in [0.25, 0.3) is 0 Å². The number of nitrogens with two attached hydrogens (primary N) is 1. The van der Waals surface area contributed by atoms with Crippen molar-refractivity contribution in [2.45, 2.75) is 25.9 Å². The van der Waals surface area contributed by atoms with Crippen LogP contribution in [0.1, 0.15) is 19.8 Å². The Kier molecular flexibility index (Phi) is 5.04. The van der Waals surface area contributed by atoms with Crippen LogP contribution in [-0.2, 0) is 0 Å². The van der Waals surface area contributed by atoms with Crippen LogP contribution < -0.4 is 10.5 Å². The van der Waals surface area contributed by atoms with Crippen LogP contribution in [0.25, 0.3) is 0 Å². The van der Waals surface area contributed by atoms with Gasteiger partial charge in [0.05, 0.1) is 4.99 Å². The molecule has 0 bridgehead atoms. The summed E-state index contributed by atoms with van der Waals surface area (Å²) in [6.07, 6.45) is -0.673. The maximum atomic E-state index is 13.3. The second-order valence-electron chi connectivity index (χ2n) is 3.72. The summed E-state index contributed by atoms with van der Waals surface area (Å²) in [5.74, 6) is -11.7. The van der Waals surface area contributed by atoms with E-state index < -0.39 is 40.9 Å². The zero-order valence-corrected chi connectivity index (χ0v) is 10.6. The van der Waals surface area contributed by atoms with Crippen molar-refractivity contribution in [3.63, 3.8) is 0 Å². The zero-order chi connectivity index (χ0) is 14.7. The molecule has 2 N–H and O–H groups in total. The Morgan fingerprint density at radius 3 is 1.84 bits per heavy atom. The van der Waals surface area contributed by atoms with Gasteiger partial charge in [-0.25, -0.2) is 13.2 Å². The zero-order valence-electron chi connectivity index (χ0n) is 9.78. The minimum Gasteiger partial charge on any atom is -0.484 e.